The highest BCUT2D eigenvalue weighted by molar-refractivity contribution is 6.05. The molecule has 0 saturated heterocycles. The van der Waals surface area contributed by atoms with Crippen LogP contribution in [0.3, 0.4) is 0 Å². The van der Waals surface area contributed by atoms with Crippen LogP contribution in [0.1, 0.15) is 29.9 Å². The molecule has 0 radical (unpaired) electrons. The molecule has 134 valence electrons. The molecule has 0 saturated carbocycles. The van der Waals surface area contributed by atoms with Gasteiger partial charge in [0.25, 0.3) is 0 Å². The van der Waals surface area contributed by atoms with Crippen LogP contribution in [0.15, 0.2) is 36.5 Å². The second kappa shape index (κ2) is 7.03. The minimum absolute atomic E-state index is 0.100. The lowest BCUT2D eigenvalue weighted by atomic mass is 10.1. The maximum atomic E-state index is 14.1. The van der Waals surface area contributed by atoms with Crippen LogP contribution in [0.2, 0.25) is 0 Å². The Hall–Kier alpha value is -3.09. The summed E-state index contributed by atoms with van der Waals surface area (Å²) < 4.78 is 32.8. The van der Waals surface area contributed by atoms with Gasteiger partial charge in [-0.2, -0.15) is 0 Å². The van der Waals surface area contributed by atoms with Gasteiger partial charge in [0.2, 0.25) is 0 Å². The Labute approximate surface area is 149 Å². The van der Waals surface area contributed by atoms with Crippen molar-refractivity contribution in [1.82, 2.24) is 9.97 Å². The molecule has 0 aliphatic heterocycles. The predicted octanol–water partition coefficient (Wildman–Crippen LogP) is 4.53. The van der Waals surface area contributed by atoms with Crippen molar-refractivity contribution in [2.75, 3.05) is 5.32 Å². The fourth-order valence-corrected chi connectivity index (χ4v) is 2.47. The molecule has 0 fully saturated rings. The first-order valence-electron chi connectivity index (χ1n) is 8.04. The topological polar surface area (TPSA) is 64.1 Å². The summed E-state index contributed by atoms with van der Waals surface area (Å²) >= 11 is 0. The van der Waals surface area contributed by atoms with Crippen LogP contribution in [0, 0.1) is 18.6 Å². The van der Waals surface area contributed by atoms with Crippen LogP contribution in [-0.4, -0.2) is 22.0 Å². The predicted molar refractivity (Wildman–Crippen MR) is 94.5 cm³/mol. The Kier molecular flexibility index (Phi) is 4.79. The molecule has 0 atom stereocenters. The summed E-state index contributed by atoms with van der Waals surface area (Å²) in [7, 11) is 0. The van der Waals surface area contributed by atoms with E-state index in [9.17, 15) is 13.6 Å². The number of hydrogen-bond acceptors (Lipinski definition) is 5. The Morgan fingerprint density at radius 3 is 2.69 bits per heavy atom. The van der Waals surface area contributed by atoms with Gasteiger partial charge in [-0.25, -0.2) is 23.5 Å². The van der Waals surface area contributed by atoms with Gasteiger partial charge in [-0.1, -0.05) is 0 Å². The molecule has 5 nitrogen and oxygen atoms in total. The Morgan fingerprint density at radius 1 is 1.19 bits per heavy atom. The van der Waals surface area contributed by atoms with Gasteiger partial charge in [0.05, 0.1) is 17.5 Å². The molecule has 0 bridgehead atoms. The molecular weight excluding hydrogens is 340 g/mol. The highest BCUT2D eigenvalue weighted by Crippen LogP contribution is 2.30. The van der Waals surface area contributed by atoms with E-state index < -0.39 is 17.6 Å². The average Bonchev–Trinajstić information content (AvgIpc) is 2.57. The molecule has 0 aliphatic rings. The van der Waals surface area contributed by atoms with Gasteiger partial charge in [-0.15, -0.1) is 0 Å². The summed E-state index contributed by atoms with van der Waals surface area (Å²) in [5.41, 5.74) is 1.39. The highest BCUT2D eigenvalue weighted by Gasteiger charge is 2.20. The van der Waals surface area contributed by atoms with E-state index in [2.05, 4.69) is 15.3 Å². The minimum Gasteiger partial charge on any atom is -0.459 e. The maximum absolute atomic E-state index is 14.1. The third-order valence-corrected chi connectivity index (χ3v) is 3.62. The summed E-state index contributed by atoms with van der Waals surface area (Å²) in [4.78, 5) is 20.9. The van der Waals surface area contributed by atoms with E-state index in [1.807, 2.05) is 0 Å². The maximum Gasteiger partial charge on any atom is 0.342 e. The van der Waals surface area contributed by atoms with E-state index in [0.717, 1.165) is 23.9 Å². The first kappa shape index (κ1) is 17.7. The van der Waals surface area contributed by atoms with Crippen molar-refractivity contribution in [1.29, 1.82) is 0 Å². The van der Waals surface area contributed by atoms with Gasteiger partial charge < -0.3 is 10.1 Å². The summed E-state index contributed by atoms with van der Waals surface area (Å²) in [5.74, 6) is -1.87. The molecule has 3 aromatic rings. The SMILES string of the molecule is Cc1ccc2c(Nc3cc(F)ccc3F)c(C(=O)OC(C)C)cnc2n1. The number of nitrogens with one attached hydrogen (secondary N) is 1. The second-order valence-electron chi connectivity index (χ2n) is 6.07. The summed E-state index contributed by atoms with van der Waals surface area (Å²) in [6, 6.07) is 6.51. The molecule has 1 aromatic carbocycles. The van der Waals surface area contributed by atoms with Crippen molar-refractivity contribution in [3.8, 4) is 0 Å². The Morgan fingerprint density at radius 2 is 1.96 bits per heavy atom. The van der Waals surface area contributed by atoms with Crippen molar-refractivity contribution < 1.29 is 18.3 Å². The number of carbonyl (C=O) groups is 1. The van der Waals surface area contributed by atoms with Crippen LogP contribution in [0.5, 0.6) is 0 Å². The van der Waals surface area contributed by atoms with Gasteiger partial charge in [-0.3, -0.25) is 0 Å². The van der Waals surface area contributed by atoms with Crippen LogP contribution in [0.4, 0.5) is 20.2 Å². The zero-order chi connectivity index (χ0) is 18.8. The minimum atomic E-state index is -0.653. The van der Waals surface area contributed by atoms with E-state index in [1.165, 1.54) is 6.20 Å². The Bertz CT molecular complexity index is 990. The van der Waals surface area contributed by atoms with Crippen LogP contribution in [0.25, 0.3) is 11.0 Å². The zero-order valence-electron chi connectivity index (χ0n) is 14.5. The standard InChI is InChI=1S/C19H17F2N3O2/c1-10(2)26-19(25)14-9-22-18-13(6-4-11(3)23-18)17(14)24-16-8-12(20)5-7-15(16)21/h4-10H,1-3H3,(H,22,23,24). The lowest BCUT2D eigenvalue weighted by Gasteiger charge is -2.16. The quantitative estimate of drug-likeness (QED) is 0.695. The third kappa shape index (κ3) is 3.61. The number of nitrogens with zero attached hydrogens (tertiary/aromatic N) is 2. The number of esters is 1. The van der Waals surface area contributed by atoms with Crippen LogP contribution in [-0.2, 0) is 4.74 Å². The van der Waals surface area contributed by atoms with E-state index in [0.29, 0.717) is 11.0 Å². The summed E-state index contributed by atoms with van der Waals surface area (Å²) in [5, 5.41) is 3.30. The lowest BCUT2D eigenvalue weighted by molar-refractivity contribution is 0.0379. The van der Waals surface area contributed by atoms with Crippen LogP contribution >= 0.6 is 0 Å². The van der Waals surface area contributed by atoms with Crippen molar-refractivity contribution >= 4 is 28.4 Å². The number of ether oxygens (including phenoxy) is 1. The smallest absolute Gasteiger partial charge is 0.342 e. The fourth-order valence-electron chi connectivity index (χ4n) is 2.47. The van der Waals surface area contributed by atoms with E-state index in [-0.39, 0.29) is 23.0 Å². The van der Waals surface area contributed by atoms with Crippen molar-refractivity contribution in [3.05, 3.63) is 59.4 Å². The van der Waals surface area contributed by atoms with Crippen molar-refractivity contribution in [3.63, 3.8) is 0 Å². The number of pyridine rings is 2. The first-order chi connectivity index (χ1) is 12.3. The van der Waals surface area contributed by atoms with Gasteiger partial charge in [0, 0.05) is 23.3 Å². The lowest BCUT2D eigenvalue weighted by Crippen LogP contribution is -2.14. The fraction of sp³-hybridized carbons (Fsp3) is 0.211. The highest BCUT2D eigenvalue weighted by atomic mass is 19.1. The molecule has 2 aromatic heterocycles. The van der Waals surface area contributed by atoms with Crippen molar-refractivity contribution in [2.45, 2.75) is 26.9 Å². The van der Waals surface area contributed by atoms with Crippen LogP contribution < -0.4 is 5.32 Å². The van der Waals surface area contributed by atoms with Gasteiger partial charge in [0.1, 0.15) is 17.2 Å². The summed E-state index contributed by atoms with van der Waals surface area (Å²) in [6.45, 7) is 5.24. The molecule has 1 N–H and O–H groups in total. The number of anilines is 2. The summed E-state index contributed by atoms with van der Waals surface area (Å²) in [6.07, 6.45) is 0.979. The number of carbonyl (C=O) groups excluding carboxylic acids is 1. The Balaban J connectivity index is 2.18. The third-order valence-electron chi connectivity index (χ3n) is 3.62. The van der Waals surface area contributed by atoms with E-state index >= 15 is 0 Å². The molecule has 2 heterocycles. The molecule has 3 rings (SSSR count). The molecule has 0 amide bonds. The number of halogens is 2. The molecule has 7 heteroatoms. The number of hydrogen-bond donors (Lipinski definition) is 1. The molecular formula is C19H17F2N3O2. The average molecular weight is 357 g/mol. The van der Waals surface area contributed by atoms with E-state index in [4.69, 9.17) is 4.74 Å². The largest absolute Gasteiger partial charge is 0.459 e. The number of aryl methyl sites for hydroxylation is 1. The normalized spacial score (nSPS) is 11.0. The second-order valence-corrected chi connectivity index (χ2v) is 6.07. The monoisotopic (exact) mass is 357 g/mol. The van der Waals surface area contributed by atoms with Gasteiger partial charge in [-0.05, 0) is 45.0 Å². The molecule has 0 aliphatic carbocycles. The van der Waals surface area contributed by atoms with Crippen molar-refractivity contribution in [2.24, 2.45) is 0 Å². The van der Waals surface area contributed by atoms with Gasteiger partial charge in [0.15, 0.2) is 5.65 Å². The number of aromatic nitrogens is 2. The molecule has 26 heavy (non-hydrogen) atoms. The number of fused-ring (bicyclic) bond motifs is 1. The molecule has 0 unspecified atom stereocenters. The first-order valence-corrected chi connectivity index (χ1v) is 8.04. The van der Waals surface area contributed by atoms with Gasteiger partial charge >= 0.3 is 5.97 Å². The number of benzene rings is 1. The van der Waals surface area contributed by atoms with E-state index in [1.54, 1.807) is 32.9 Å². The molecule has 0 spiro atoms. The number of rotatable bonds is 4. The zero-order valence-corrected chi connectivity index (χ0v) is 14.5.